The van der Waals surface area contributed by atoms with Gasteiger partial charge in [0.15, 0.2) is 0 Å². The number of hydrogen-bond donors (Lipinski definition) is 2. The van der Waals surface area contributed by atoms with Crippen molar-refractivity contribution in [1.82, 2.24) is 15.0 Å². The van der Waals surface area contributed by atoms with Crippen molar-refractivity contribution >= 4 is 11.5 Å². The van der Waals surface area contributed by atoms with Gasteiger partial charge in [-0.3, -0.25) is 11.3 Å². The van der Waals surface area contributed by atoms with Crippen LogP contribution >= 0.6 is 11.5 Å². The van der Waals surface area contributed by atoms with E-state index in [2.05, 4.69) is 21.9 Å². The summed E-state index contributed by atoms with van der Waals surface area (Å²) in [5, 5.41) is 4.24. The number of hydrogen-bond acceptors (Lipinski definition) is 5. The number of hydrazine groups is 1. The van der Waals surface area contributed by atoms with Crippen LogP contribution in [-0.4, -0.2) is 9.59 Å². The van der Waals surface area contributed by atoms with Crippen molar-refractivity contribution in [2.45, 2.75) is 57.9 Å². The number of nitrogens with zero attached hydrogens (tertiary/aromatic N) is 2. The van der Waals surface area contributed by atoms with Crippen molar-refractivity contribution in [1.29, 1.82) is 0 Å². The Bertz CT molecular complexity index is 333. The van der Waals surface area contributed by atoms with Crippen LogP contribution in [0.4, 0.5) is 0 Å². The van der Waals surface area contributed by atoms with Crippen molar-refractivity contribution in [2.24, 2.45) is 11.8 Å². The predicted molar refractivity (Wildman–Crippen MR) is 70.5 cm³/mol. The second kappa shape index (κ2) is 6.42. The molecule has 1 saturated carbocycles. The molecule has 0 spiro atoms. The maximum Gasteiger partial charge on any atom is 0.0804 e. The fraction of sp³-hybridized carbons (Fsp3) is 0.833. The van der Waals surface area contributed by atoms with Gasteiger partial charge in [-0.2, -0.15) is 0 Å². The standard InChI is InChI=1S/C12H22N4S/c1-2-6-10-12(17-16-15-10)11(14-13)9-7-4-3-5-8-9/h9,11,14H,2-8,13H2,1H3. The third-order valence-electron chi connectivity index (χ3n) is 3.66. The van der Waals surface area contributed by atoms with Crippen molar-refractivity contribution in [3.05, 3.63) is 10.6 Å². The Hall–Kier alpha value is -0.520. The van der Waals surface area contributed by atoms with Gasteiger partial charge < -0.3 is 0 Å². The van der Waals surface area contributed by atoms with Crippen LogP contribution in [0.5, 0.6) is 0 Å². The van der Waals surface area contributed by atoms with E-state index in [1.54, 1.807) is 0 Å². The van der Waals surface area contributed by atoms with Crippen LogP contribution in [0, 0.1) is 5.92 Å². The molecule has 1 aliphatic carbocycles. The van der Waals surface area contributed by atoms with Crippen LogP contribution in [0.3, 0.4) is 0 Å². The molecule has 0 saturated heterocycles. The second-order valence-electron chi connectivity index (χ2n) is 4.88. The summed E-state index contributed by atoms with van der Waals surface area (Å²) >= 11 is 1.51. The molecular weight excluding hydrogens is 232 g/mol. The van der Waals surface area contributed by atoms with Gasteiger partial charge in [-0.15, -0.1) is 5.10 Å². The first kappa shape index (κ1) is 12.9. The summed E-state index contributed by atoms with van der Waals surface area (Å²) < 4.78 is 4.10. The number of nitrogens with one attached hydrogen (secondary N) is 1. The SMILES string of the molecule is CCCc1nnsc1C(NN)C1CCCCC1. The van der Waals surface area contributed by atoms with Gasteiger partial charge in [0.25, 0.3) is 0 Å². The number of aryl methyl sites for hydroxylation is 1. The lowest BCUT2D eigenvalue weighted by molar-refractivity contribution is 0.275. The van der Waals surface area contributed by atoms with E-state index in [1.807, 2.05) is 0 Å². The van der Waals surface area contributed by atoms with E-state index < -0.39 is 0 Å². The number of aromatic nitrogens is 2. The van der Waals surface area contributed by atoms with Crippen molar-refractivity contribution in [3.8, 4) is 0 Å². The zero-order chi connectivity index (χ0) is 12.1. The van der Waals surface area contributed by atoms with E-state index in [1.165, 1.54) is 48.5 Å². The third kappa shape index (κ3) is 3.03. The lowest BCUT2D eigenvalue weighted by Crippen LogP contribution is -2.34. The zero-order valence-electron chi connectivity index (χ0n) is 10.5. The summed E-state index contributed by atoms with van der Waals surface area (Å²) in [6, 6.07) is 0.261. The first-order valence-electron chi connectivity index (χ1n) is 6.64. The molecule has 0 aromatic carbocycles. The van der Waals surface area contributed by atoms with E-state index in [0.717, 1.165) is 18.5 Å². The Morgan fingerprint density at radius 2 is 2.18 bits per heavy atom. The molecule has 1 atom stereocenters. The van der Waals surface area contributed by atoms with Gasteiger partial charge in [0.05, 0.1) is 16.6 Å². The Labute approximate surface area is 107 Å². The molecule has 1 aliphatic rings. The molecule has 1 aromatic rings. The maximum atomic E-state index is 5.76. The van der Waals surface area contributed by atoms with Gasteiger partial charge in [0, 0.05) is 0 Å². The summed E-state index contributed by atoms with van der Waals surface area (Å²) in [5.74, 6) is 6.42. The van der Waals surface area contributed by atoms with Gasteiger partial charge in [-0.25, -0.2) is 0 Å². The maximum absolute atomic E-state index is 5.76. The van der Waals surface area contributed by atoms with Gasteiger partial charge >= 0.3 is 0 Å². The molecular formula is C12H22N4S. The monoisotopic (exact) mass is 254 g/mol. The molecule has 0 amide bonds. The van der Waals surface area contributed by atoms with Gasteiger partial charge in [-0.05, 0) is 36.7 Å². The number of nitrogens with two attached hydrogens (primary N) is 1. The highest BCUT2D eigenvalue weighted by molar-refractivity contribution is 7.05. The van der Waals surface area contributed by atoms with E-state index in [0.29, 0.717) is 5.92 Å². The first-order valence-corrected chi connectivity index (χ1v) is 7.41. The highest BCUT2D eigenvalue weighted by Gasteiger charge is 2.27. The topological polar surface area (TPSA) is 63.8 Å². The van der Waals surface area contributed by atoms with Crippen LogP contribution < -0.4 is 11.3 Å². The lowest BCUT2D eigenvalue weighted by atomic mass is 9.83. The van der Waals surface area contributed by atoms with Crippen molar-refractivity contribution in [2.75, 3.05) is 0 Å². The molecule has 1 unspecified atom stereocenters. The molecule has 1 aromatic heterocycles. The molecule has 1 fully saturated rings. The van der Waals surface area contributed by atoms with Gasteiger partial charge in [0.1, 0.15) is 0 Å². The summed E-state index contributed by atoms with van der Waals surface area (Å²) in [4.78, 5) is 1.27. The zero-order valence-corrected chi connectivity index (χ0v) is 11.3. The molecule has 1 heterocycles. The fourth-order valence-electron chi connectivity index (χ4n) is 2.76. The van der Waals surface area contributed by atoms with Crippen LogP contribution in [0.15, 0.2) is 0 Å². The highest BCUT2D eigenvalue weighted by Crippen LogP contribution is 2.36. The highest BCUT2D eigenvalue weighted by atomic mass is 32.1. The Morgan fingerprint density at radius 3 is 2.82 bits per heavy atom. The predicted octanol–water partition coefficient (Wildman–Crippen LogP) is 2.58. The first-order chi connectivity index (χ1) is 8.36. The average Bonchev–Trinajstić information content (AvgIpc) is 2.81. The van der Waals surface area contributed by atoms with E-state index >= 15 is 0 Å². The van der Waals surface area contributed by atoms with Gasteiger partial charge in [0.2, 0.25) is 0 Å². The fourth-order valence-corrected chi connectivity index (χ4v) is 3.60. The molecule has 17 heavy (non-hydrogen) atoms. The lowest BCUT2D eigenvalue weighted by Gasteiger charge is -2.29. The minimum absolute atomic E-state index is 0.261. The minimum atomic E-state index is 0.261. The molecule has 3 N–H and O–H groups in total. The molecule has 0 aliphatic heterocycles. The molecule has 0 radical (unpaired) electrons. The van der Waals surface area contributed by atoms with Crippen molar-refractivity contribution < 1.29 is 0 Å². The largest absolute Gasteiger partial charge is 0.271 e. The summed E-state index contributed by atoms with van der Waals surface area (Å²) in [6.45, 7) is 2.18. The van der Waals surface area contributed by atoms with Crippen LogP contribution in [-0.2, 0) is 6.42 Å². The van der Waals surface area contributed by atoms with E-state index in [9.17, 15) is 0 Å². The Kier molecular flexibility index (Phi) is 4.88. The van der Waals surface area contributed by atoms with Crippen LogP contribution in [0.2, 0.25) is 0 Å². The molecule has 2 rings (SSSR count). The molecule has 0 bridgehead atoms. The normalized spacial score (nSPS) is 19.4. The summed E-state index contributed by atoms with van der Waals surface area (Å²) in [7, 11) is 0. The Morgan fingerprint density at radius 1 is 1.41 bits per heavy atom. The summed E-state index contributed by atoms with van der Waals surface area (Å²) in [6.07, 6.45) is 8.71. The van der Waals surface area contributed by atoms with E-state index in [-0.39, 0.29) is 6.04 Å². The van der Waals surface area contributed by atoms with Gasteiger partial charge in [-0.1, -0.05) is 37.1 Å². The molecule has 4 nitrogen and oxygen atoms in total. The summed E-state index contributed by atoms with van der Waals surface area (Å²) in [5.41, 5.74) is 4.15. The Balaban J connectivity index is 2.12. The van der Waals surface area contributed by atoms with Crippen LogP contribution in [0.25, 0.3) is 0 Å². The molecule has 96 valence electrons. The third-order valence-corrected chi connectivity index (χ3v) is 4.50. The smallest absolute Gasteiger partial charge is 0.0804 e. The van der Waals surface area contributed by atoms with E-state index in [4.69, 9.17) is 5.84 Å². The minimum Gasteiger partial charge on any atom is -0.271 e. The number of rotatable bonds is 5. The van der Waals surface area contributed by atoms with Crippen molar-refractivity contribution in [3.63, 3.8) is 0 Å². The van der Waals surface area contributed by atoms with Crippen LogP contribution in [0.1, 0.15) is 62.1 Å². The molecule has 5 heteroatoms. The second-order valence-corrected chi connectivity index (χ2v) is 5.66. The quantitative estimate of drug-likeness (QED) is 0.626. The average molecular weight is 254 g/mol.